The van der Waals surface area contributed by atoms with Crippen molar-refractivity contribution >= 4 is 22.5 Å². The number of aromatic nitrogens is 2. The van der Waals surface area contributed by atoms with Crippen LogP contribution in [0.3, 0.4) is 0 Å². The van der Waals surface area contributed by atoms with E-state index < -0.39 is 0 Å². The minimum absolute atomic E-state index is 0.341. The number of ether oxygens (including phenoxy) is 1. The average Bonchev–Trinajstić information content (AvgIpc) is 2.77. The predicted molar refractivity (Wildman–Crippen MR) is 115 cm³/mol. The van der Waals surface area contributed by atoms with Gasteiger partial charge in [-0.15, -0.1) is 0 Å². The molecule has 1 aromatic carbocycles. The number of hydrogen-bond acceptors (Lipinski definition) is 7. The van der Waals surface area contributed by atoms with Crippen LogP contribution in [0.2, 0.25) is 0 Å². The number of anilines is 1. The maximum atomic E-state index is 12.7. The molecule has 0 unspecified atom stereocenters. The second kappa shape index (κ2) is 9.50. The van der Waals surface area contributed by atoms with Gasteiger partial charge in [-0.1, -0.05) is 6.92 Å². The normalized spacial score (nSPS) is 22.7. The lowest BCUT2D eigenvalue weighted by Gasteiger charge is -2.38. The molecule has 2 aliphatic rings. The van der Waals surface area contributed by atoms with Crippen molar-refractivity contribution in [3.63, 3.8) is 0 Å². The van der Waals surface area contributed by atoms with Crippen LogP contribution in [0.5, 0.6) is 0 Å². The first-order valence-corrected chi connectivity index (χ1v) is 10.8. The van der Waals surface area contributed by atoms with Gasteiger partial charge in [-0.05, 0) is 30.4 Å². The highest BCUT2D eigenvalue weighted by atomic mass is 16.5. The zero-order valence-electron chi connectivity index (χ0n) is 17.6. The topological polar surface area (TPSA) is 82.4 Å². The molecule has 0 saturated carbocycles. The molecular formula is C23H29N5O2. The van der Waals surface area contributed by atoms with Crippen LogP contribution < -0.4 is 4.90 Å². The largest absolute Gasteiger partial charge is 0.379 e. The van der Waals surface area contributed by atoms with Crippen LogP contribution >= 0.6 is 0 Å². The van der Waals surface area contributed by atoms with Crippen LogP contribution in [0.15, 0.2) is 24.5 Å². The first-order valence-electron chi connectivity index (χ1n) is 10.8. The molecule has 0 radical (unpaired) electrons. The second-order valence-corrected chi connectivity index (χ2v) is 8.56. The third kappa shape index (κ3) is 4.77. The summed E-state index contributed by atoms with van der Waals surface area (Å²) in [6.07, 6.45) is 5.62. The van der Waals surface area contributed by atoms with Gasteiger partial charge in [0.1, 0.15) is 22.9 Å². The summed E-state index contributed by atoms with van der Waals surface area (Å²) in [6, 6.07) is 6.01. The van der Waals surface area contributed by atoms with E-state index in [2.05, 4.69) is 32.8 Å². The third-order valence-corrected chi connectivity index (χ3v) is 6.14. The van der Waals surface area contributed by atoms with Gasteiger partial charge in [-0.3, -0.25) is 19.7 Å². The number of rotatable bonds is 6. The minimum atomic E-state index is 0.341. The Labute approximate surface area is 177 Å². The van der Waals surface area contributed by atoms with Crippen molar-refractivity contribution < 1.29 is 9.53 Å². The minimum Gasteiger partial charge on any atom is -0.379 e. The van der Waals surface area contributed by atoms with E-state index in [9.17, 15) is 10.1 Å². The molecule has 2 aliphatic heterocycles. The van der Waals surface area contributed by atoms with Crippen LogP contribution in [-0.2, 0) is 9.53 Å². The molecule has 4 rings (SSSR count). The molecule has 2 atom stereocenters. The van der Waals surface area contributed by atoms with E-state index in [1.54, 1.807) is 12.4 Å². The van der Waals surface area contributed by atoms with Gasteiger partial charge in [0, 0.05) is 58.0 Å². The molecule has 0 bridgehead atoms. The van der Waals surface area contributed by atoms with Gasteiger partial charge in [0.2, 0.25) is 0 Å². The number of ketones is 1. The number of fused-ring (bicyclic) bond motifs is 1. The van der Waals surface area contributed by atoms with Crippen molar-refractivity contribution in [1.29, 1.82) is 5.26 Å². The summed E-state index contributed by atoms with van der Waals surface area (Å²) < 4.78 is 5.38. The summed E-state index contributed by atoms with van der Waals surface area (Å²) in [6.45, 7) is 8.23. The first kappa shape index (κ1) is 20.7. The van der Waals surface area contributed by atoms with Gasteiger partial charge in [-0.25, -0.2) is 0 Å². The number of benzene rings is 1. The lowest BCUT2D eigenvalue weighted by Crippen LogP contribution is -2.41. The molecule has 2 saturated heterocycles. The smallest absolute Gasteiger partial charge is 0.134 e. The maximum absolute atomic E-state index is 12.7. The molecule has 3 heterocycles. The van der Waals surface area contributed by atoms with Crippen LogP contribution in [0.1, 0.15) is 31.7 Å². The van der Waals surface area contributed by atoms with Gasteiger partial charge in [0.15, 0.2) is 0 Å². The zero-order valence-corrected chi connectivity index (χ0v) is 17.6. The first-order chi connectivity index (χ1) is 14.6. The van der Waals surface area contributed by atoms with Crippen LogP contribution in [0.4, 0.5) is 5.69 Å². The number of carbonyl (C=O) groups is 1. The number of hydrogen-bond donors (Lipinski definition) is 0. The van der Waals surface area contributed by atoms with Crippen LogP contribution in [0.25, 0.3) is 11.0 Å². The predicted octanol–water partition coefficient (Wildman–Crippen LogP) is 2.65. The molecule has 30 heavy (non-hydrogen) atoms. The summed E-state index contributed by atoms with van der Waals surface area (Å²) in [5, 5.41) is 9.39. The van der Waals surface area contributed by atoms with Crippen molar-refractivity contribution in [2.24, 2.45) is 11.8 Å². The fraction of sp³-hybridized carbons (Fsp3) is 0.565. The molecule has 1 aromatic heterocycles. The summed E-state index contributed by atoms with van der Waals surface area (Å²) in [4.78, 5) is 26.2. The summed E-state index contributed by atoms with van der Waals surface area (Å²) in [7, 11) is 0. The van der Waals surface area contributed by atoms with Crippen molar-refractivity contribution in [3.05, 3.63) is 30.1 Å². The highest BCUT2D eigenvalue weighted by Crippen LogP contribution is 2.33. The molecule has 0 N–H and O–H groups in total. The summed E-state index contributed by atoms with van der Waals surface area (Å²) in [5.74, 6) is 1.19. The number of nitriles is 1. The Morgan fingerprint density at radius 2 is 1.97 bits per heavy atom. The van der Waals surface area contributed by atoms with E-state index in [-0.39, 0.29) is 0 Å². The average molecular weight is 408 g/mol. The molecule has 158 valence electrons. The molecule has 7 nitrogen and oxygen atoms in total. The second-order valence-electron chi connectivity index (χ2n) is 8.56. The number of morpholine rings is 1. The Morgan fingerprint density at radius 1 is 1.20 bits per heavy atom. The quantitative estimate of drug-likeness (QED) is 0.728. The molecule has 0 amide bonds. The molecule has 7 heteroatoms. The Bertz CT molecular complexity index is 935. The third-order valence-electron chi connectivity index (χ3n) is 6.14. The van der Waals surface area contributed by atoms with E-state index in [1.807, 2.05) is 12.1 Å². The summed E-state index contributed by atoms with van der Waals surface area (Å²) in [5.41, 5.74) is 2.97. The Morgan fingerprint density at radius 3 is 2.73 bits per heavy atom. The standard InChI is InChI=1S/C23H29N5O2/c1-17-12-18(13-20(29)4-7-27-8-10-30-11-9-27)16-28(15-17)21-3-2-19(14-24)22-23(21)26-6-5-25-22/h2-3,5-6,17-18H,4,7-13,15-16H2,1H3/t17-,18-/m0/s1. The maximum Gasteiger partial charge on any atom is 0.134 e. The van der Waals surface area contributed by atoms with Crippen molar-refractivity contribution in [2.45, 2.75) is 26.2 Å². The van der Waals surface area contributed by atoms with Crippen molar-refractivity contribution in [2.75, 3.05) is 50.8 Å². The zero-order chi connectivity index (χ0) is 20.9. The van der Waals surface area contributed by atoms with Gasteiger partial charge >= 0.3 is 0 Å². The fourth-order valence-electron chi connectivity index (χ4n) is 4.74. The highest BCUT2D eigenvalue weighted by Gasteiger charge is 2.28. The van der Waals surface area contributed by atoms with Gasteiger partial charge in [0.05, 0.1) is 24.5 Å². The van der Waals surface area contributed by atoms with Crippen LogP contribution in [0, 0.1) is 23.2 Å². The number of Topliss-reactive ketones (excluding diaryl/α,β-unsaturated/α-hetero) is 1. The van der Waals surface area contributed by atoms with Crippen molar-refractivity contribution in [1.82, 2.24) is 14.9 Å². The molecule has 2 fully saturated rings. The van der Waals surface area contributed by atoms with Gasteiger partial charge < -0.3 is 9.64 Å². The lowest BCUT2D eigenvalue weighted by atomic mass is 9.86. The highest BCUT2D eigenvalue weighted by molar-refractivity contribution is 5.92. The Balaban J connectivity index is 1.43. The van der Waals surface area contributed by atoms with E-state index in [4.69, 9.17) is 4.74 Å². The number of nitrogens with zero attached hydrogens (tertiary/aromatic N) is 5. The lowest BCUT2D eigenvalue weighted by molar-refractivity contribution is -0.120. The van der Waals surface area contributed by atoms with E-state index in [0.717, 1.165) is 63.6 Å². The molecule has 0 aliphatic carbocycles. The van der Waals surface area contributed by atoms with Gasteiger partial charge in [0.25, 0.3) is 0 Å². The summed E-state index contributed by atoms with van der Waals surface area (Å²) >= 11 is 0. The van der Waals surface area contributed by atoms with E-state index in [1.165, 1.54) is 0 Å². The molecular weight excluding hydrogens is 378 g/mol. The van der Waals surface area contributed by atoms with Gasteiger partial charge in [-0.2, -0.15) is 5.26 Å². The van der Waals surface area contributed by atoms with Crippen LogP contribution in [-0.4, -0.2) is 66.6 Å². The monoisotopic (exact) mass is 407 g/mol. The SMILES string of the molecule is C[C@H]1C[C@@H](CC(=O)CCN2CCOCC2)CN(c2ccc(C#N)c3nccnc23)C1. The van der Waals surface area contributed by atoms with E-state index >= 15 is 0 Å². The molecule has 0 spiro atoms. The molecule has 2 aromatic rings. The van der Waals surface area contributed by atoms with E-state index in [0.29, 0.717) is 41.5 Å². The fourth-order valence-corrected chi connectivity index (χ4v) is 4.74. The Kier molecular flexibility index (Phi) is 6.56. The van der Waals surface area contributed by atoms with Crippen molar-refractivity contribution in [3.8, 4) is 6.07 Å². The number of carbonyl (C=O) groups excluding carboxylic acids is 1. The number of piperidine rings is 1. The Hall–Kier alpha value is -2.56.